The molecule has 30 heavy (non-hydrogen) atoms. The lowest BCUT2D eigenvalue weighted by atomic mass is 10.1. The van der Waals surface area contributed by atoms with E-state index in [0.29, 0.717) is 11.4 Å². The molecule has 3 amide bonds. The number of nitrogens with one attached hydrogen (secondary N) is 1. The summed E-state index contributed by atoms with van der Waals surface area (Å²) >= 11 is 0. The van der Waals surface area contributed by atoms with Crippen molar-refractivity contribution >= 4 is 29.1 Å². The van der Waals surface area contributed by atoms with Crippen LogP contribution in [-0.4, -0.2) is 41.4 Å². The molecule has 0 spiro atoms. The number of carbonyl (C=O) groups excluding carboxylic acids is 3. The Hall–Kier alpha value is -3.55. The van der Waals surface area contributed by atoms with Crippen LogP contribution in [0.5, 0.6) is 0 Å². The molecule has 1 fully saturated rings. The van der Waals surface area contributed by atoms with Gasteiger partial charge in [0.15, 0.2) is 12.1 Å². The van der Waals surface area contributed by atoms with Gasteiger partial charge in [-0.05, 0) is 68.1 Å². The molecule has 0 bridgehead atoms. The molecule has 2 heterocycles. The van der Waals surface area contributed by atoms with Crippen molar-refractivity contribution in [3.8, 4) is 0 Å². The van der Waals surface area contributed by atoms with E-state index >= 15 is 0 Å². The highest BCUT2D eigenvalue weighted by Gasteiger charge is 2.55. The lowest BCUT2D eigenvalue weighted by Gasteiger charge is -2.21. The molecule has 0 unspecified atom stereocenters. The van der Waals surface area contributed by atoms with Crippen LogP contribution in [0.2, 0.25) is 0 Å². The fourth-order valence-electron chi connectivity index (χ4n) is 3.70. The number of imide groups is 1. The first-order valence-corrected chi connectivity index (χ1v) is 9.76. The van der Waals surface area contributed by atoms with Crippen molar-refractivity contribution in [2.45, 2.75) is 39.8 Å². The van der Waals surface area contributed by atoms with Gasteiger partial charge in [0.1, 0.15) is 6.54 Å². The zero-order chi connectivity index (χ0) is 21.6. The highest BCUT2D eigenvalue weighted by Crippen LogP contribution is 2.32. The quantitative estimate of drug-likeness (QED) is 0.792. The van der Waals surface area contributed by atoms with E-state index < -0.39 is 23.9 Å². The Balaban J connectivity index is 1.51. The molecular formula is C22H23N5O3. The monoisotopic (exact) mass is 405 g/mol. The van der Waals surface area contributed by atoms with E-state index in [2.05, 4.69) is 15.7 Å². The molecule has 1 saturated heterocycles. The summed E-state index contributed by atoms with van der Waals surface area (Å²) in [5.41, 5.74) is 5.31. The largest absolute Gasteiger partial charge is 0.324 e. The van der Waals surface area contributed by atoms with Crippen LogP contribution < -0.4 is 10.2 Å². The molecule has 0 aromatic heterocycles. The van der Waals surface area contributed by atoms with Crippen LogP contribution in [0.25, 0.3) is 0 Å². The molecular weight excluding hydrogens is 382 g/mol. The molecule has 2 atom stereocenters. The number of amides is 3. The van der Waals surface area contributed by atoms with E-state index in [9.17, 15) is 14.4 Å². The molecule has 0 radical (unpaired) electrons. The Labute approximate surface area is 174 Å². The number of aryl methyl sites for hydroxylation is 3. The minimum absolute atomic E-state index is 0.169. The fraction of sp³-hybridized carbons (Fsp3) is 0.318. The highest BCUT2D eigenvalue weighted by atomic mass is 16.2. The Kier molecular flexibility index (Phi) is 4.85. The standard InChI is InChI=1S/C22H23N5O3/c1-12-8-9-16(10-14(12)3)27-21(29)19-20(22(27)30)26(25-24-19)11-18(28)23-17-7-5-6-13(2)15(17)4/h5-10,19-20H,11H2,1-4H3,(H,23,28)/t19-,20-/m1/s1. The summed E-state index contributed by atoms with van der Waals surface area (Å²) < 4.78 is 0. The number of carbonyl (C=O) groups is 3. The molecule has 0 saturated carbocycles. The SMILES string of the molecule is Cc1ccc(N2C(=O)[C@@H]3N=NN(CC(=O)Nc4cccc(C)c4C)[C@H]3C2=O)cc1C. The average molecular weight is 405 g/mol. The number of rotatable bonds is 4. The normalized spacial score (nSPS) is 20.1. The van der Waals surface area contributed by atoms with Crippen molar-refractivity contribution < 1.29 is 14.4 Å². The van der Waals surface area contributed by atoms with Crippen molar-refractivity contribution in [1.82, 2.24) is 5.01 Å². The molecule has 1 N–H and O–H groups in total. The lowest BCUT2D eigenvalue weighted by Crippen LogP contribution is -2.43. The summed E-state index contributed by atoms with van der Waals surface area (Å²) in [5.74, 6) is -1.17. The van der Waals surface area contributed by atoms with Gasteiger partial charge in [-0.25, -0.2) is 4.90 Å². The first-order chi connectivity index (χ1) is 14.3. The Morgan fingerprint density at radius 3 is 2.50 bits per heavy atom. The Morgan fingerprint density at radius 1 is 1.00 bits per heavy atom. The summed E-state index contributed by atoms with van der Waals surface area (Å²) in [5, 5.41) is 12.1. The number of anilines is 2. The average Bonchev–Trinajstić information content (AvgIpc) is 3.21. The van der Waals surface area contributed by atoms with Gasteiger partial charge in [-0.15, -0.1) is 0 Å². The molecule has 2 aliphatic heterocycles. The molecule has 8 nitrogen and oxygen atoms in total. The zero-order valence-corrected chi connectivity index (χ0v) is 17.3. The van der Waals surface area contributed by atoms with Gasteiger partial charge in [-0.2, -0.15) is 5.11 Å². The van der Waals surface area contributed by atoms with Gasteiger partial charge in [-0.1, -0.05) is 23.4 Å². The van der Waals surface area contributed by atoms with Crippen LogP contribution in [0, 0.1) is 27.7 Å². The van der Waals surface area contributed by atoms with Crippen LogP contribution in [0.3, 0.4) is 0 Å². The highest BCUT2D eigenvalue weighted by molar-refractivity contribution is 6.25. The van der Waals surface area contributed by atoms with Crippen LogP contribution in [0.15, 0.2) is 46.7 Å². The number of hydrogen-bond acceptors (Lipinski definition) is 6. The molecule has 2 aliphatic rings. The first-order valence-electron chi connectivity index (χ1n) is 9.76. The lowest BCUT2D eigenvalue weighted by molar-refractivity contribution is -0.123. The second-order valence-electron chi connectivity index (χ2n) is 7.77. The van der Waals surface area contributed by atoms with Crippen LogP contribution in [0.4, 0.5) is 11.4 Å². The van der Waals surface area contributed by atoms with Crippen molar-refractivity contribution in [2.75, 3.05) is 16.8 Å². The van der Waals surface area contributed by atoms with Crippen molar-refractivity contribution in [3.63, 3.8) is 0 Å². The summed E-state index contributed by atoms with van der Waals surface area (Å²) in [6.45, 7) is 7.61. The first kappa shape index (κ1) is 19.8. The number of benzene rings is 2. The van der Waals surface area contributed by atoms with E-state index in [1.54, 1.807) is 12.1 Å². The molecule has 4 rings (SSSR count). The Morgan fingerprint density at radius 2 is 1.77 bits per heavy atom. The molecule has 2 aromatic rings. The van der Waals surface area contributed by atoms with Gasteiger partial charge in [-0.3, -0.25) is 19.4 Å². The Bertz CT molecular complexity index is 1090. The maximum absolute atomic E-state index is 13.1. The second-order valence-corrected chi connectivity index (χ2v) is 7.77. The van der Waals surface area contributed by atoms with Crippen LogP contribution >= 0.6 is 0 Å². The number of hydrogen-bond donors (Lipinski definition) is 1. The predicted molar refractivity (Wildman–Crippen MR) is 112 cm³/mol. The van der Waals surface area contributed by atoms with Crippen LogP contribution in [-0.2, 0) is 14.4 Å². The van der Waals surface area contributed by atoms with Gasteiger partial charge in [0, 0.05) is 5.69 Å². The van der Waals surface area contributed by atoms with Gasteiger partial charge < -0.3 is 5.32 Å². The molecule has 154 valence electrons. The van der Waals surface area contributed by atoms with E-state index in [-0.39, 0.29) is 12.5 Å². The fourth-order valence-corrected chi connectivity index (χ4v) is 3.70. The molecule has 8 heteroatoms. The summed E-state index contributed by atoms with van der Waals surface area (Å²) in [6, 6.07) is 9.25. The van der Waals surface area contributed by atoms with E-state index in [1.165, 1.54) is 5.01 Å². The van der Waals surface area contributed by atoms with E-state index in [4.69, 9.17) is 0 Å². The summed E-state index contributed by atoms with van der Waals surface area (Å²) in [7, 11) is 0. The van der Waals surface area contributed by atoms with Gasteiger partial charge in [0.05, 0.1) is 5.69 Å². The minimum Gasteiger partial charge on any atom is -0.324 e. The van der Waals surface area contributed by atoms with Crippen molar-refractivity contribution in [2.24, 2.45) is 10.3 Å². The van der Waals surface area contributed by atoms with Crippen molar-refractivity contribution in [1.29, 1.82) is 0 Å². The second kappa shape index (κ2) is 7.37. The van der Waals surface area contributed by atoms with Crippen molar-refractivity contribution in [3.05, 3.63) is 58.7 Å². The molecule has 0 aliphatic carbocycles. The van der Waals surface area contributed by atoms with Gasteiger partial charge >= 0.3 is 0 Å². The van der Waals surface area contributed by atoms with E-state index in [0.717, 1.165) is 27.2 Å². The third kappa shape index (κ3) is 3.24. The number of nitrogens with zero attached hydrogens (tertiary/aromatic N) is 4. The predicted octanol–water partition coefficient (Wildman–Crippen LogP) is 2.85. The summed E-state index contributed by atoms with van der Waals surface area (Å²) in [6.07, 6.45) is 0. The maximum Gasteiger partial charge on any atom is 0.263 e. The maximum atomic E-state index is 13.1. The molecule has 2 aromatic carbocycles. The third-order valence-electron chi connectivity index (χ3n) is 5.79. The smallest absolute Gasteiger partial charge is 0.263 e. The van der Waals surface area contributed by atoms with Gasteiger partial charge in [0.25, 0.3) is 11.8 Å². The minimum atomic E-state index is -0.924. The van der Waals surface area contributed by atoms with E-state index in [1.807, 2.05) is 52.0 Å². The van der Waals surface area contributed by atoms with Gasteiger partial charge in [0.2, 0.25) is 5.91 Å². The summed E-state index contributed by atoms with van der Waals surface area (Å²) in [4.78, 5) is 39.6. The topological polar surface area (TPSA) is 94.4 Å². The zero-order valence-electron chi connectivity index (χ0n) is 17.3. The third-order valence-corrected chi connectivity index (χ3v) is 5.79. The number of fused-ring (bicyclic) bond motifs is 1. The van der Waals surface area contributed by atoms with Crippen LogP contribution in [0.1, 0.15) is 22.3 Å².